The second-order valence-electron chi connectivity index (χ2n) is 7.81. The summed E-state index contributed by atoms with van der Waals surface area (Å²) in [6.07, 6.45) is 3.83. The summed E-state index contributed by atoms with van der Waals surface area (Å²) in [7, 11) is 0. The number of unbranched alkanes of at least 4 members (excludes halogenated alkanes) is 2. The molecule has 0 amide bonds. The Morgan fingerprint density at radius 2 is 1.31 bits per heavy atom. The second-order valence-corrected chi connectivity index (χ2v) is 7.81. The van der Waals surface area contributed by atoms with E-state index in [0.717, 1.165) is 18.8 Å². The quantitative estimate of drug-likeness (QED) is 0.257. The minimum Gasteiger partial charge on any atom is -0.481 e. The van der Waals surface area contributed by atoms with E-state index >= 15 is 0 Å². The summed E-state index contributed by atoms with van der Waals surface area (Å²) in [5, 5.41) is 16.3. The summed E-state index contributed by atoms with van der Waals surface area (Å²) in [4.78, 5) is 19.8. The van der Waals surface area contributed by atoms with E-state index in [0.29, 0.717) is 26.1 Å². The third kappa shape index (κ3) is 15.8. The van der Waals surface area contributed by atoms with Crippen LogP contribution in [-0.4, -0.2) is 60.8 Å². The fourth-order valence-corrected chi connectivity index (χ4v) is 2.23. The third-order valence-electron chi connectivity index (χ3n) is 4.55. The first-order valence-electron chi connectivity index (χ1n) is 11.3. The number of rotatable bonds is 13. The van der Waals surface area contributed by atoms with Crippen LogP contribution in [0.25, 0.3) is 0 Å². The van der Waals surface area contributed by atoms with Gasteiger partial charge in [0.05, 0.1) is 26.4 Å². The summed E-state index contributed by atoms with van der Waals surface area (Å²) >= 11 is 0. The SMILES string of the molecule is CCCC.Cc1ccc(C(OCC2CO2)OCC2CO2)cc1.O=C(O)CCCCC(=O)O. The predicted octanol–water partition coefficient (Wildman–Crippen LogP) is 4.35. The Hall–Kier alpha value is -2.00. The molecule has 8 nitrogen and oxygen atoms in total. The Labute approximate surface area is 190 Å². The molecular formula is C24H38O8. The molecule has 8 heteroatoms. The highest BCUT2D eigenvalue weighted by Crippen LogP contribution is 2.23. The van der Waals surface area contributed by atoms with Crippen molar-refractivity contribution >= 4 is 11.9 Å². The van der Waals surface area contributed by atoms with Gasteiger partial charge in [-0.05, 0) is 19.8 Å². The number of epoxide rings is 2. The maximum absolute atomic E-state index is 9.90. The average Bonchev–Trinajstić information content (AvgIpc) is 3.68. The fraction of sp³-hybridized carbons (Fsp3) is 0.667. The van der Waals surface area contributed by atoms with Gasteiger partial charge in [-0.25, -0.2) is 0 Å². The number of aryl methyl sites for hydroxylation is 1. The van der Waals surface area contributed by atoms with E-state index in [1.165, 1.54) is 18.4 Å². The van der Waals surface area contributed by atoms with E-state index < -0.39 is 11.9 Å². The second kappa shape index (κ2) is 16.6. The van der Waals surface area contributed by atoms with E-state index in [2.05, 4.69) is 32.9 Å². The van der Waals surface area contributed by atoms with Crippen LogP contribution in [-0.2, 0) is 28.5 Å². The molecule has 3 rings (SSSR count). The smallest absolute Gasteiger partial charge is 0.303 e. The minimum atomic E-state index is -0.870. The lowest BCUT2D eigenvalue weighted by atomic mass is 10.1. The Bertz CT molecular complexity index is 604. The highest BCUT2D eigenvalue weighted by molar-refractivity contribution is 5.67. The van der Waals surface area contributed by atoms with Crippen molar-refractivity contribution in [3.05, 3.63) is 35.4 Å². The fourth-order valence-electron chi connectivity index (χ4n) is 2.23. The minimum absolute atomic E-state index is 0.0628. The van der Waals surface area contributed by atoms with E-state index in [1.807, 2.05) is 12.1 Å². The third-order valence-corrected chi connectivity index (χ3v) is 4.55. The molecule has 2 unspecified atom stereocenters. The first-order valence-corrected chi connectivity index (χ1v) is 11.3. The van der Waals surface area contributed by atoms with Gasteiger partial charge in [0.25, 0.3) is 0 Å². The van der Waals surface area contributed by atoms with Gasteiger partial charge >= 0.3 is 11.9 Å². The number of carboxylic acid groups (broad SMARTS) is 2. The molecule has 0 radical (unpaired) electrons. The lowest BCUT2D eigenvalue weighted by molar-refractivity contribution is -0.151. The van der Waals surface area contributed by atoms with Gasteiger partial charge in [0.1, 0.15) is 12.2 Å². The number of ether oxygens (including phenoxy) is 4. The van der Waals surface area contributed by atoms with Crippen LogP contribution in [0.4, 0.5) is 0 Å². The molecule has 2 atom stereocenters. The molecule has 0 bridgehead atoms. The monoisotopic (exact) mass is 454 g/mol. The molecule has 0 saturated carbocycles. The normalized spacial score (nSPS) is 19.0. The molecule has 2 fully saturated rings. The largest absolute Gasteiger partial charge is 0.481 e. The number of carbonyl (C=O) groups is 2. The molecule has 0 aliphatic carbocycles. The Kier molecular flexibility index (Phi) is 14.5. The molecule has 2 heterocycles. The zero-order valence-corrected chi connectivity index (χ0v) is 19.5. The molecule has 1 aromatic carbocycles. The number of aliphatic carboxylic acids is 2. The lowest BCUT2D eigenvalue weighted by Crippen LogP contribution is -2.15. The number of hydrogen-bond donors (Lipinski definition) is 2. The zero-order chi connectivity index (χ0) is 23.8. The van der Waals surface area contributed by atoms with Crippen molar-refractivity contribution in [2.45, 2.75) is 77.8 Å². The van der Waals surface area contributed by atoms with Crippen LogP contribution >= 0.6 is 0 Å². The predicted molar refractivity (Wildman–Crippen MR) is 120 cm³/mol. The van der Waals surface area contributed by atoms with Gasteiger partial charge in [0, 0.05) is 18.4 Å². The van der Waals surface area contributed by atoms with E-state index in [1.54, 1.807) is 0 Å². The molecule has 2 aliphatic rings. The van der Waals surface area contributed by atoms with Gasteiger partial charge in [0.2, 0.25) is 0 Å². The van der Waals surface area contributed by atoms with Gasteiger partial charge in [-0.2, -0.15) is 0 Å². The van der Waals surface area contributed by atoms with E-state index in [9.17, 15) is 9.59 Å². The van der Waals surface area contributed by atoms with Crippen LogP contribution in [0.5, 0.6) is 0 Å². The van der Waals surface area contributed by atoms with Crippen LogP contribution < -0.4 is 0 Å². The van der Waals surface area contributed by atoms with Crippen molar-refractivity contribution in [1.82, 2.24) is 0 Å². The average molecular weight is 455 g/mol. The van der Waals surface area contributed by atoms with Gasteiger partial charge in [0.15, 0.2) is 6.29 Å². The molecule has 182 valence electrons. The molecule has 1 aromatic rings. The van der Waals surface area contributed by atoms with Gasteiger partial charge in [-0.15, -0.1) is 0 Å². The van der Waals surface area contributed by atoms with Crippen molar-refractivity contribution in [1.29, 1.82) is 0 Å². The molecule has 0 aromatic heterocycles. The van der Waals surface area contributed by atoms with E-state index in [4.69, 9.17) is 29.2 Å². The maximum Gasteiger partial charge on any atom is 0.303 e. The zero-order valence-electron chi connectivity index (χ0n) is 19.5. The van der Waals surface area contributed by atoms with E-state index in [-0.39, 0.29) is 31.3 Å². The van der Waals surface area contributed by atoms with Crippen LogP contribution in [0.3, 0.4) is 0 Å². The Morgan fingerprint density at radius 3 is 1.62 bits per heavy atom. The summed E-state index contributed by atoms with van der Waals surface area (Å²) in [6, 6.07) is 8.22. The number of carboxylic acids is 2. The molecule has 2 aliphatic heterocycles. The van der Waals surface area contributed by atoms with Crippen LogP contribution in [0.15, 0.2) is 24.3 Å². The molecular weight excluding hydrogens is 416 g/mol. The highest BCUT2D eigenvalue weighted by atomic mass is 16.7. The van der Waals surface area contributed by atoms with Gasteiger partial charge in [-0.3, -0.25) is 9.59 Å². The summed E-state index contributed by atoms with van der Waals surface area (Å²) < 4.78 is 21.8. The molecule has 32 heavy (non-hydrogen) atoms. The van der Waals surface area contributed by atoms with Crippen molar-refractivity contribution in [2.75, 3.05) is 26.4 Å². The van der Waals surface area contributed by atoms with Crippen molar-refractivity contribution < 1.29 is 38.7 Å². The Balaban J connectivity index is 0.000000311. The van der Waals surface area contributed by atoms with Gasteiger partial charge in [-0.1, -0.05) is 56.5 Å². The lowest BCUT2D eigenvalue weighted by Gasteiger charge is -2.18. The standard InChI is InChI=1S/C14H18O4.C6H10O4.C4H10/c1-10-2-4-11(5-3-10)14(17-8-12-6-15-12)18-9-13-7-16-13;7-5(8)3-1-2-4-6(9)10;1-3-4-2/h2-5,12-14H,6-9H2,1H3;1-4H2,(H,7,8)(H,9,10);3-4H2,1-2H3. The number of benzene rings is 1. The number of hydrogen-bond acceptors (Lipinski definition) is 6. The summed E-state index contributed by atoms with van der Waals surface area (Å²) in [5.74, 6) is -1.74. The van der Waals surface area contributed by atoms with Crippen molar-refractivity contribution in [2.24, 2.45) is 0 Å². The molecule has 2 saturated heterocycles. The van der Waals surface area contributed by atoms with Gasteiger partial charge < -0.3 is 29.2 Å². The van der Waals surface area contributed by atoms with Crippen molar-refractivity contribution in [3.63, 3.8) is 0 Å². The van der Waals surface area contributed by atoms with Crippen LogP contribution in [0.2, 0.25) is 0 Å². The summed E-state index contributed by atoms with van der Waals surface area (Å²) in [5.41, 5.74) is 2.27. The summed E-state index contributed by atoms with van der Waals surface area (Å²) in [6.45, 7) is 9.20. The first-order chi connectivity index (χ1) is 15.3. The molecule has 2 N–H and O–H groups in total. The first kappa shape index (κ1) is 28.0. The molecule has 0 spiro atoms. The van der Waals surface area contributed by atoms with Crippen LogP contribution in [0, 0.1) is 6.92 Å². The van der Waals surface area contributed by atoms with Crippen molar-refractivity contribution in [3.8, 4) is 0 Å². The highest BCUT2D eigenvalue weighted by Gasteiger charge is 2.28. The topological polar surface area (TPSA) is 118 Å². The van der Waals surface area contributed by atoms with Crippen LogP contribution in [0.1, 0.15) is 69.8 Å². The maximum atomic E-state index is 9.90. The Morgan fingerprint density at radius 1 is 0.906 bits per heavy atom.